The van der Waals surface area contributed by atoms with Crippen LogP contribution < -0.4 is 5.32 Å². The number of carbonyl (C=O) groups is 2. The van der Waals surface area contributed by atoms with Crippen molar-refractivity contribution in [2.24, 2.45) is 0 Å². The van der Waals surface area contributed by atoms with Gasteiger partial charge in [0.25, 0.3) is 11.8 Å². The van der Waals surface area contributed by atoms with E-state index in [4.69, 9.17) is 0 Å². The average molecular weight is 337 g/mol. The monoisotopic (exact) mass is 337 g/mol. The molecule has 1 aromatic heterocycles. The van der Waals surface area contributed by atoms with Crippen LogP contribution in [0.2, 0.25) is 0 Å². The molecule has 0 spiro atoms. The summed E-state index contributed by atoms with van der Waals surface area (Å²) in [5.74, 6) is -0.359. The van der Waals surface area contributed by atoms with E-state index < -0.39 is 0 Å². The van der Waals surface area contributed by atoms with Gasteiger partial charge in [0.1, 0.15) is 11.4 Å². The molecular formula is C20H23N3O2. The Hall–Kier alpha value is -2.69. The number of rotatable bonds is 4. The Bertz CT molecular complexity index is 750. The van der Waals surface area contributed by atoms with Gasteiger partial charge in [0.2, 0.25) is 0 Å². The summed E-state index contributed by atoms with van der Waals surface area (Å²) in [5, 5.41) is 2.85. The highest BCUT2D eigenvalue weighted by Crippen LogP contribution is 2.12. The first-order valence-electron chi connectivity index (χ1n) is 8.73. The fourth-order valence-electron chi connectivity index (χ4n) is 2.92. The molecule has 2 heterocycles. The normalized spacial score (nSPS) is 14.2. The van der Waals surface area contributed by atoms with E-state index >= 15 is 0 Å². The van der Waals surface area contributed by atoms with Gasteiger partial charge in [-0.25, -0.2) is 4.98 Å². The molecule has 5 nitrogen and oxygen atoms in total. The van der Waals surface area contributed by atoms with E-state index in [1.54, 1.807) is 18.2 Å². The van der Waals surface area contributed by atoms with Gasteiger partial charge in [-0.15, -0.1) is 0 Å². The Morgan fingerprint density at radius 2 is 1.68 bits per heavy atom. The zero-order valence-corrected chi connectivity index (χ0v) is 14.5. The number of aromatic nitrogens is 1. The van der Waals surface area contributed by atoms with Crippen LogP contribution in [0.4, 0.5) is 0 Å². The molecule has 1 N–H and O–H groups in total. The maximum Gasteiger partial charge on any atom is 0.272 e. The number of aryl methyl sites for hydroxylation is 1. The molecule has 3 rings (SSSR count). The standard InChI is InChI=1S/C20H23N3O2/c1-15-8-10-16(11-9-15)14-21-19(24)17-6-5-7-18(22-17)20(25)23-12-3-2-4-13-23/h5-11H,2-4,12-14H2,1H3,(H,21,24). The first-order chi connectivity index (χ1) is 12.1. The smallest absolute Gasteiger partial charge is 0.272 e. The topological polar surface area (TPSA) is 62.3 Å². The van der Waals surface area contributed by atoms with Crippen LogP contribution >= 0.6 is 0 Å². The van der Waals surface area contributed by atoms with Crippen molar-refractivity contribution in [1.29, 1.82) is 0 Å². The Morgan fingerprint density at radius 1 is 1.00 bits per heavy atom. The molecule has 2 aromatic rings. The van der Waals surface area contributed by atoms with Crippen molar-refractivity contribution in [2.75, 3.05) is 13.1 Å². The quantitative estimate of drug-likeness (QED) is 0.933. The zero-order valence-electron chi connectivity index (χ0n) is 14.5. The van der Waals surface area contributed by atoms with Gasteiger partial charge in [0.15, 0.2) is 0 Å². The lowest BCUT2D eigenvalue weighted by molar-refractivity contribution is 0.0718. The third-order valence-corrected chi connectivity index (χ3v) is 4.42. The molecule has 1 aliphatic rings. The molecule has 0 saturated carbocycles. The van der Waals surface area contributed by atoms with Crippen LogP contribution in [0.5, 0.6) is 0 Å². The lowest BCUT2D eigenvalue weighted by Crippen LogP contribution is -2.36. The van der Waals surface area contributed by atoms with Crippen LogP contribution in [0.3, 0.4) is 0 Å². The number of nitrogens with one attached hydrogen (secondary N) is 1. The fraction of sp³-hybridized carbons (Fsp3) is 0.350. The Balaban J connectivity index is 1.64. The van der Waals surface area contributed by atoms with E-state index in [1.807, 2.05) is 36.1 Å². The van der Waals surface area contributed by atoms with Gasteiger partial charge in [-0.2, -0.15) is 0 Å². The number of piperidine rings is 1. The maximum absolute atomic E-state index is 12.5. The van der Waals surface area contributed by atoms with E-state index in [1.165, 1.54) is 12.0 Å². The minimum atomic E-state index is -0.270. The number of pyridine rings is 1. The van der Waals surface area contributed by atoms with Crippen LogP contribution in [0.25, 0.3) is 0 Å². The Morgan fingerprint density at radius 3 is 2.40 bits per heavy atom. The van der Waals surface area contributed by atoms with E-state index in [2.05, 4.69) is 10.3 Å². The summed E-state index contributed by atoms with van der Waals surface area (Å²) in [7, 11) is 0. The molecule has 0 bridgehead atoms. The number of hydrogen-bond acceptors (Lipinski definition) is 3. The summed E-state index contributed by atoms with van der Waals surface area (Å²) < 4.78 is 0. The highest BCUT2D eigenvalue weighted by molar-refractivity contribution is 5.96. The molecule has 0 unspecified atom stereocenters. The van der Waals surface area contributed by atoms with Crippen molar-refractivity contribution in [3.63, 3.8) is 0 Å². The highest BCUT2D eigenvalue weighted by atomic mass is 16.2. The molecule has 0 aliphatic carbocycles. The van der Waals surface area contributed by atoms with Gasteiger partial charge in [-0.05, 0) is 43.9 Å². The van der Waals surface area contributed by atoms with Gasteiger partial charge >= 0.3 is 0 Å². The molecule has 130 valence electrons. The predicted molar refractivity (Wildman–Crippen MR) is 96.3 cm³/mol. The van der Waals surface area contributed by atoms with E-state index in [-0.39, 0.29) is 17.5 Å². The number of carbonyl (C=O) groups excluding carboxylic acids is 2. The van der Waals surface area contributed by atoms with Crippen LogP contribution in [-0.4, -0.2) is 34.8 Å². The predicted octanol–water partition coefficient (Wildman–Crippen LogP) is 2.95. The van der Waals surface area contributed by atoms with E-state index in [0.29, 0.717) is 12.2 Å². The molecule has 1 aromatic carbocycles. The minimum Gasteiger partial charge on any atom is -0.347 e. The van der Waals surface area contributed by atoms with Crippen molar-refractivity contribution in [3.05, 3.63) is 65.0 Å². The molecule has 25 heavy (non-hydrogen) atoms. The zero-order chi connectivity index (χ0) is 17.6. The van der Waals surface area contributed by atoms with Crippen molar-refractivity contribution in [3.8, 4) is 0 Å². The largest absolute Gasteiger partial charge is 0.347 e. The first-order valence-corrected chi connectivity index (χ1v) is 8.73. The van der Waals surface area contributed by atoms with Gasteiger partial charge in [0, 0.05) is 19.6 Å². The summed E-state index contributed by atoms with van der Waals surface area (Å²) >= 11 is 0. The number of hydrogen-bond donors (Lipinski definition) is 1. The van der Waals surface area contributed by atoms with Crippen molar-refractivity contribution in [1.82, 2.24) is 15.2 Å². The molecule has 0 radical (unpaired) electrons. The van der Waals surface area contributed by atoms with Crippen molar-refractivity contribution >= 4 is 11.8 Å². The summed E-state index contributed by atoms with van der Waals surface area (Å²) in [4.78, 5) is 30.9. The summed E-state index contributed by atoms with van der Waals surface area (Å²) in [6.45, 7) is 4.00. The maximum atomic E-state index is 12.5. The van der Waals surface area contributed by atoms with Crippen molar-refractivity contribution < 1.29 is 9.59 Å². The summed E-state index contributed by atoms with van der Waals surface area (Å²) in [6, 6.07) is 13.0. The van der Waals surface area contributed by atoms with Gasteiger partial charge in [-0.3, -0.25) is 9.59 Å². The van der Waals surface area contributed by atoms with Gasteiger partial charge in [0.05, 0.1) is 0 Å². The lowest BCUT2D eigenvalue weighted by Gasteiger charge is -2.26. The molecule has 5 heteroatoms. The van der Waals surface area contributed by atoms with Crippen LogP contribution in [0.1, 0.15) is 51.4 Å². The number of benzene rings is 1. The number of nitrogens with zero attached hydrogens (tertiary/aromatic N) is 2. The average Bonchev–Trinajstić information content (AvgIpc) is 2.67. The van der Waals surface area contributed by atoms with Crippen LogP contribution in [0.15, 0.2) is 42.5 Å². The Kier molecular flexibility index (Phi) is 5.43. The third-order valence-electron chi connectivity index (χ3n) is 4.42. The number of amides is 2. The van der Waals surface area contributed by atoms with Crippen LogP contribution in [-0.2, 0) is 6.54 Å². The Labute approximate surface area is 148 Å². The lowest BCUT2D eigenvalue weighted by atomic mass is 10.1. The third kappa shape index (κ3) is 4.44. The molecule has 1 fully saturated rings. The van der Waals surface area contributed by atoms with Crippen molar-refractivity contribution in [2.45, 2.75) is 32.7 Å². The molecular weight excluding hydrogens is 314 g/mol. The number of likely N-dealkylation sites (tertiary alicyclic amines) is 1. The molecule has 2 amide bonds. The minimum absolute atomic E-state index is 0.0899. The van der Waals surface area contributed by atoms with Gasteiger partial charge < -0.3 is 10.2 Å². The fourth-order valence-corrected chi connectivity index (χ4v) is 2.92. The van der Waals surface area contributed by atoms with E-state index in [9.17, 15) is 9.59 Å². The second-order valence-electron chi connectivity index (χ2n) is 6.43. The van der Waals surface area contributed by atoms with Gasteiger partial charge in [-0.1, -0.05) is 35.9 Å². The SMILES string of the molecule is Cc1ccc(CNC(=O)c2cccc(C(=O)N3CCCCC3)n2)cc1. The second-order valence-corrected chi connectivity index (χ2v) is 6.43. The first kappa shape index (κ1) is 17.1. The van der Waals surface area contributed by atoms with Crippen LogP contribution in [0, 0.1) is 6.92 Å². The summed E-state index contributed by atoms with van der Waals surface area (Å²) in [6.07, 6.45) is 3.23. The summed E-state index contributed by atoms with van der Waals surface area (Å²) in [5.41, 5.74) is 2.82. The molecule has 0 atom stereocenters. The van der Waals surface area contributed by atoms with E-state index in [0.717, 1.165) is 31.5 Å². The molecule has 1 aliphatic heterocycles. The highest BCUT2D eigenvalue weighted by Gasteiger charge is 2.20. The molecule has 1 saturated heterocycles. The second kappa shape index (κ2) is 7.92.